The SMILES string of the molecule is CCCCCCC1(C)CCC(=O)C1. The molecule has 0 N–H and O–H groups in total. The number of ketones is 1. The molecule has 0 amide bonds. The highest BCUT2D eigenvalue weighted by atomic mass is 16.1. The molecule has 1 unspecified atom stereocenters. The molecule has 76 valence electrons. The summed E-state index contributed by atoms with van der Waals surface area (Å²) in [7, 11) is 0. The smallest absolute Gasteiger partial charge is 0.133 e. The van der Waals surface area contributed by atoms with E-state index in [0.717, 1.165) is 19.3 Å². The lowest BCUT2D eigenvalue weighted by Crippen LogP contribution is -2.11. The minimum atomic E-state index is 0.366. The van der Waals surface area contributed by atoms with Crippen LogP contribution in [0, 0.1) is 5.41 Å². The fraction of sp³-hybridized carbons (Fsp3) is 0.917. The minimum Gasteiger partial charge on any atom is -0.300 e. The van der Waals surface area contributed by atoms with Gasteiger partial charge in [-0.25, -0.2) is 0 Å². The van der Waals surface area contributed by atoms with Gasteiger partial charge in [-0.1, -0.05) is 39.5 Å². The molecule has 1 fully saturated rings. The summed E-state index contributed by atoms with van der Waals surface area (Å²) < 4.78 is 0. The standard InChI is InChI=1S/C12H22O/c1-3-4-5-6-8-12(2)9-7-11(13)10-12/h3-10H2,1-2H3. The van der Waals surface area contributed by atoms with Crippen molar-refractivity contribution in [2.75, 3.05) is 0 Å². The van der Waals surface area contributed by atoms with Crippen LogP contribution >= 0.6 is 0 Å². The normalized spacial score (nSPS) is 28.3. The van der Waals surface area contributed by atoms with Gasteiger partial charge < -0.3 is 0 Å². The molecule has 1 rings (SSSR count). The van der Waals surface area contributed by atoms with E-state index in [1.54, 1.807) is 0 Å². The molecule has 1 atom stereocenters. The van der Waals surface area contributed by atoms with Gasteiger partial charge in [0.25, 0.3) is 0 Å². The van der Waals surface area contributed by atoms with Crippen LogP contribution in [-0.4, -0.2) is 5.78 Å². The molecule has 0 aromatic heterocycles. The summed E-state index contributed by atoms with van der Waals surface area (Å²) >= 11 is 0. The third-order valence-corrected chi connectivity index (χ3v) is 3.27. The molecule has 0 aromatic carbocycles. The van der Waals surface area contributed by atoms with Crippen molar-refractivity contribution in [3.8, 4) is 0 Å². The molecule has 1 nitrogen and oxygen atoms in total. The summed E-state index contributed by atoms with van der Waals surface area (Å²) in [5.74, 6) is 0.484. The summed E-state index contributed by atoms with van der Waals surface area (Å²) in [6, 6.07) is 0. The number of unbranched alkanes of at least 4 members (excludes halogenated alkanes) is 3. The van der Waals surface area contributed by atoms with Crippen molar-refractivity contribution < 1.29 is 4.79 Å². The molecular formula is C12H22O. The molecule has 1 aliphatic carbocycles. The first kappa shape index (κ1) is 10.7. The molecule has 0 heterocycles. The Morgan fingerprint density at radius 1 is 1.31 bits per heavy atom. The average molecular weight is 182 g/mol. The van der Waals surface area contributed by atoms with Crippen LogP contribution in [-0.2, 0) is 4.79 Å². The summed E-state index contributed by atoms with van der Waals surface area (Å²) in [5.41, 5.74) is 0.366. The lowest BCUT2D eigenvalue weighted by molar-refractivity contribution is -0.118. The number of carbonyl (C=O) groups is 1. The first-order valence-corrected chi connectivity index (χ1v) is 5.68. The molecule has 13 heavy (non-hydrogen) atoms. The molecule has 0 bridgehead atoms. The first-order chi connectivity index (χ1) is 6.16. The molecule has 0 spiro atoms. The maximum Gasteiger partial charge on any atom is 0.133 e. The Balaban J connectivity index is 2.16. The van der Waals surface area contributed by atoms with Crippen LogP contribution in [0.25, 0.3) is 0 Å². The second kappa shape index (κ2) is 4.78. The Morgan fingerprint density at radius 2 is 2.08 bits per heavy atom. The average Bonchev–Trinajstić information content (AvgIpc) is 2.41. The van der Waals surface area contributed by atoms with Crippen LogP contribution in [0.2, 0.25) is 0 Å². The van der Waals surface area contributed by atoms with Gasteiger partial charge in [0.15, 0.2) is 0 Å². The van der Waals surface area contributed by atoms with E-state index in [2.05, 4.69) is 13.8 Å². The minimum absolute atomic E-state index is 0.366. The van der Waals surface area contributed by atoms with Crippen LogP contribution in [0.4, 0.5) is 0 Å². The maximum atomic E-state index is 11.1. The van der Waals surface area contributed by atoms with E-state index in [1.165, 1.54) is 32.1 Å². The Kier molecular flexibility index (Phi) is 3.95. The van der Waals surface area contributed by atoms with Gasteiger partial charge in [0, 0.05) is 12.8 Å². The fourth-order valence-electron chi connectivity index (χ4n) is 2.29. The number of hydrogen-bond donors (Lipinski definition) is 0. The van der Waals surface area contributed by atoms with Gasteiger partial charge in [0.2, 0.25) is 0 Å². The second-order valence-electron chi connectivity index (χ2n) is 4.84. The van der Waals surface area contributed by atoms with Crippen LogP contribution in [0.1, 0.15) is 65.2 Å². The molecule has 1 saturated carbocycles. The van der Waals surface area contributed by atoms with Gasteiger partial charge in [0.05, 0.1) is 0 Å². The molecule has 0 aliphatic heterocycles. The molecule has 0 radical (unpaired) electrons. The number of Topliss-reactive ketones (excluding diaryl/α,β-unsaturated/α-hetero) is 1. The van der Waals surface area contributed by atoms with Gasteiger partial charge in [-0.05, 0) is 18.3 Å². The summed E-state index contributed by atoms with van der Waals surface area (Å²) in [6.45, 7) is 4.52. The lowest BCUT2D eigenvalue weighted by Gasteiger charge is -2.21. The van der Waals surface area contributed by atoms with Crippen LogP contribution < -0.4 is 0 Å². The van der Waals surface area contributed by atoms with Crippen LogP contribution in [0.3, 0.4) is 0 Å². The summed E-state index contributed by atoms with van der Waals surface area (Å²) in [4.78, 5) is 11.1. The van der Waals surface area contributed by atoms with E-state index in [4.69, 9.17) is 0 Å². The quantitative estimate of drug-likeness (QED) is 0.592. The van der Waals surface area contributed by atoms with Crippen molar-refractivity contribution in [2.24, 2.45) is 5.41 Å². The maximum absolute atomic E-state index is 11.1. The number of rotatable bonds is 5. The third kappa shape index (κ3) is 3.50. The van der Waals surface area contributed by atoms with Crippen molar-refractivity contribution in [1.82, 2.24) is 0 Å². The molecule has 1 aliphatic rings. The lowest BCUT2D eigenvalue weighted by atomic mass is 9.83. The zero-order chi connectivity index (χ0) is 9.73. The molecule has 0 saturated heterocycles. The van der Waals surface area contributed by atoms with Crippen molar-refractivity contribution in [3.63, 3.8) is 0 Å². The zero-order valence-corrected chi connectivity index (χ0v) is 9.07. The topological polar surface area (TPSA) is 17.1 Å². The second-order valence-corrected chi connectivity index (χ2v) is 4.84. The van der Waals surface area contributed by atoms with Crippen molar-refractivity contribution in [2.45, 2.75) is 65.2 Å². The van der Waals surface area contributed by atoms with Crippen molar-refractivity contribution in [3.05, 3.63) is 0 Å². The van der Waals surface area contributed by atoms with Gasteiger partial charge in [-0.3, -0.25) is 4.79 Å². The fourth-order valence-corrected chi connectivity index (χ4v) is 2.29. The van der Waals surface area contributed by atoms with Gasteiger partial charge in [-0.2, -0.15) is 0 Å². The number of carbonyl (C=O) groups excluding carboxylic acids is 1. The molecule has 1 heteroatoms. The van der Waals surface area contributed by atoms with Crippen molar-refractivity contribution >= 4 is 5.78 Å². The molecule has 0 aromatic rings. The monoisotopic (exact) mass is 182 g/mol. The Bertz CT molecular complexity index is 174. The van der Waals surface area contributed by atoms with Crippen LogP contribution in [0.5, 0.6) is 0 Å². The van der Waals surface area contributed by atoms with E-state index in [1.807, 2.05) is 0 Å². The Labute approximate surface area is 81.9 Å². The first-order valence-electron chi connectivity index (χ1n) is 5.68. The number of hydrogen-bond acceptors (Lipinski definition) is 1. The van der Waals surface area contributed by atoms with E-state index < -0.39 is 0 Å². The highest BCUT2D eigenvalue weighted by Gasteiger charge is 2.32. The van der Waals surface area contributed by atoms with Gasteiger partial charge in [0.1, 0.15) is 5.78 Å². The molecular weight excluding hydrogens is 160 g/mol. The predicted octanol–water partition coefficient (Wildman–Crippen LogP) is 3.72. The predicted molar refractivity (Wildman–Crippen MR) is 55.7 cm³/mol. The summed E-state index contributed by atoms with van der Waals surface area (Å²) in [6.07, 6.45) is 9.40. The van der Waals surface area contributed by atoms with Gasteiger partial charge >= 0.3 is 0 Å². The van der Waals surface area contributed by atoms with Gasteiger partial charge in [-0.15, -0.1) is 0 Å². The van der Waals surface area contributed by atoms with E-state index in [9.17, 15) is 4.79 Å². The van der Waals surface area contributed by atoms with Crippen molar-refractivity contribution in [1.29, 1.82) is 0 Å². The van der Waals surface area contributed by atoms with E-state index in [0.29, 0.717) is 11.2 Å². The van der Waals surface area contributed by atoms with Crippen LogP contribution in [0.15, 0.2) is 0 Å². The highest BCUT2D eigenvalue weighted by molar-refractivity contribution is 5.81. The Hall–Kier alpha value is -0.330. The highest BCUT2D eigenvalue weighted by Crippen LogP contribution is 2.39. The van der Waals surface area contributed by atoms with E-state index >= 15 is 0 Å². The largest absolute Gasteiger partial charge is 0.300 e. The Morgan fingerprint density at radius 3 is 2.62 bits per heavy atom. The third-order valence-electron chi connectivity index (χ3n) is 3.27. The van der Waals surface area contributed by atoms with E-state index in [-0.39, 0.29) is 0 Å². The summed E-state index contributed by atoms with van der Waals surface area (Å²) in [5, 5.41) is 0. The zero-order valence-electron chi connectivity index (χ0n) is 9.07.